The molecule has 0 aromatic carbocycles. The highest BCUT2D eigenvalue weighted by Crippen LogP contribution is 2.43. The van der Waals surface area contributed by atoms with E-state index in [0.29, 0.717) is 24.3 Å². The minimum Gasteiger partial charge on any atom is -0.461 e. The van der Waals surface area contributed by atoms with Crippen molar-refractivity contribution in [1.29, 1.82) is 0 Å². The summed E-state index contributed by atoms with van der Waals surface area (Å²) in [5.41, 5.74) is 3.21. The van der Waals surface area contributed by atoms with Crippen molar-refractivity contribution < 1.29 is 14.3 Å². The number of pyridine rings is 1. The first kappa shape index (κ1) is 23.5. The molecule has 186 valence electrons. The Morgan fingerprint density at radius 1 is 1.12 bits per heavy atom. The monoisotopic (exact) mass is 469 g/mol. The van der Waals surface area contributed by atoms with Crippen LogP contribution in [0.25, 0.3) is 11.0 Å². The van der Waals surface area contributed by atoms with Gasteiger partial charge in [0.1, 0.15) is 0 Å². The van der Waals surface area contributed by atoms with E-state index in [4.69, 9.17) is 19.6 Å². The van der Waals surface area contributed by atoms with Crippen molar-refractivity contribution in [3.05, 3.63) is 17.5 Å². The van der Waals surface area contributed by atoms with Gasteiger partial charge in [0.25, 0.3) is 0 Å². The van der Waals surface area contributed by atoms with Crippen molar-refractivity contribution in [2.75, 3.05) is 50.9 Å². The molecule has 0 N–H and O–H groups in total. The molecule has 2 aliphatic heterocycles. The largest absolute Gasteiger partial charge is 0.461 e. The van der Waals surface area contributed by atoms with Gasteiger partial charge in [0.2, 0.25) is 0 Å². The smallest absolute Gasteiger partial charge is 0.357 e. The fourth-order valence-corrected chi connectivity index (χ4v) is 5.53. The normalized spacial score (nSPS) is 21.1. The Bertz CT molecular complexity index is 1030. The third kappa shape index (κ3) is 4.42. The number of esters is 1. The Morgan fingerprint density at radius 3 is 2.41 bits per heavy atom. The van der Waals surface area contributed by atoms with E-state index in [-0.39, 0.29) is 11.5 Å². The topological polar surface area (TPSA) is 72.7 Å². The molecule has 0 atom stereocenters. The number of fused-ring (bicyclic) bond motifs is 1. The minimum absolute atomic E-state index is 0.235. The maximum absolute atomic E-state index is 12.8. The lowest BCUT2D eigenvalue weighted by Crippen LogP contribution is -2.49. The highest BCUT2D eigenvalue weighted by atomic mass is 16.5. The van der Waals surface area contributed by atoms with Gasteiger partial charge < -0.3 is 14.4 Å². The van der Waals surface area contributed by atoms with Crippen LogP contribution >= 0.6 is 0 Å². The van der Waals surface area contributed by atoms with Crippen molar-refractivity contribution in [3.8, 4) is 0 Å². The first-order valence-electron chi connectivity index (χ1n) is 13.0. The van der Waals surface area contributed by atoms with Crippen LogP contribution in [-0.4, -0.2) is 77.7 Å². The van der Waals surface area contributed by atoms with Crippen molar-refractivity contribution in [2.24, 2.45) is 0 Å². The summed E-state index contributed by atoms with van der Waals surface area (Å²) in [4.78, 5) is 22.7. The number of nitrogens with zero attached hydrogens (tertiary/aromatic N) is 5. The van der Waals surface area contributed by atoms with Crippen LogP contribution in [0.15, 0.2) is 6.07 Å². The first-order chi connectivity index (χ1) is 16.4. The third-order valence-electron chi connectivity index (χ3n) is 7.62. The minimum atomic E-state index is -0.360. The van der Waals surface area contributed by atoms with Gasteiger partial charge in [-0.25, -0.2) is 14.5 Å². The second-order valence-electron chi connectivity index (χ2n) is 10.9. The molecule has 8 nitrogen and oxygen atoms in total. The van der Waals surface area contributed by atoms with Gasteiger partial charge in [0, 0.05) is 38.1 Å². The van der Waals surface area contributed by atoms with Gasteiger partial charge in [0.05, 0.1) is 42.1 Å². The van der Waals surface area contributed by atoms with E-state index in [0.717, 1.165) is 74.6 Å². The van der Waals surface area contributed by atoms with E-state index in [9.17, 15) is 4.79 Å². The quantitative estimate of drug-likeness (QED) is 0.614. The molecule has 2 aromatic rings. The molecule has 2 aromatic heterocycles. The molecular formula is C26H39N5O3. The summed E-state index contributed by atoms with van der Waals surface area (Å²) in [6, 6.07) is 2.57. The average Bonchev–Trinajstić information content (AvgIpc) is 3.18. The van der Waals surface area contributed by atoms with E-state index in [1.54, 1.807) is 0 Å². The molecular weight excluding hydrogens is 430 g/mol. The summed E-state index contributed by atoms with van der Waals surface area (Å²) in [6.45, 7) is 14.3. The molecule has 0 spiro atoms. The number of aromatic nitrogens is 3. The van der Waals surface area contributed by atoms with Crippen LogP contribution in [0.3, 0.4) is 0 Å². The fraction of sp³-hybridized carbons (Fsp3) is 0.731. The van der Waals surface area contributed by atoms with Gasteiger partial charge in [-0.1, -0.05) is 6.42 Å². The van der Waals surface area contributed by atoms with Crippen molar-refractivity contribution in [2.45, 2.75) is 77.3 Å². The van der Waals surface area contributed by atoms with Crippen LogP contribution in [0.5, 0.6) is 0 Å². The molecule has 0 unspecified atom stereocenters. The molecule has 3 aliphatic rings. The lowest BCUT2D eigenvalue weighted by atomic mass is 9.82. The van der Waals surface area contributed by atoms with Gasteiger partial charge in [-0.05, 0) is 59.4 Å². The Morgan fingerprint density at radius 2 is 1.82 bits per heavy atom. The first-order valence-corrected chi connectivity index (χ1v) is 13.0. The second kappa shape index (κ2) is 9.46. The van der Waals surface area contributed by atoms with Crippen LogP contribution in [0.4, 0.5) is 5.69 Å². The van der Waals surface area contributed by atoms with Crippen molar-refractivity contribution in [3.63, 3.8) is 0 Å². The SMILES string of the molecule is CCOC(=O)c1cc(N2CCC(N3CCOCC3)CC2)c2c(C3CCC3)nn(C(C)(C)C)c2n1. The zero-order valence-electron chi connectivity index (χ0n) is 21.2. The third-order valence-corrected chi connectivity index (χ3v) is 7.62. The predicted octanol–water partition coefficient (Wildman–Crippen LogP) is 3.93. The van der Waals surface area contributed by atoms with E-state index < -0.39 is 0 Å². The molecule has 0 bridgehead atoms. The molecule has 1 aliphatic carbocycles. The fourth-order valence-electron chi connectivity index (χ4n) is 5.53. The summed E-state index contributed by atoms with van der Waals surface area (Å²) in [7, 11) is 0. The van der Waals surface area contributed by atoms with E-state index in [1.807, 2.05) is 17.7 Å². The summed E-state index contributed by atoms with van der Waals surface area (Å²) in [6.07, 6.45) is 5.83. The highest BCUT2D eigenvalue weighted by Gasteiger charge is 2.34. The molecule has 34 heavy (non-hydrogen) atoms. The standard InChI is InChI=1S/C26H39N5O3/c1-5-34-25(32)20-17-21(30-11-9-19(10-12-30)29-13-15-33-16-14-29)22-23(18-7-6-8-18)28-31(24(22)27-20)26(2,3)4/h17-19H,5-16H2,1-4H3. The number of ether oxygens (including phenoxy) is 2. The number of piperidine rings is 1. The molecule has 5 rings (SSSR count). The summed E-state index contributed by atoms with van der Waals surface area (Å²) in [5.74, 6) is 0.117. The highest BCUT2D eigenvalue weighted by molar-refractivity contribution is 5.98. The molecule has 4 heterocycles. The Labute approximate surface area is 202 Å². The maximum Gasteiger partial charge on any atom is 0.357 e. The molecule has 1 saturated carbocycles. The maximum atomic E-state index is 12.8. The van der Waals surface area contributed by atoms with Crippen LogP contribution in [0.1, 0.15) is 81.9 Å². The molecule has 0 amide bonds. The number of carbonyl (C=O) groups is 1. The number of hydrogen-bond donors (Lipinski definition) is 0. The Balaban J connectivity index is 1.55. The van der Waals surface area contributed by atoms with E-state index in [2.05, 4.69) is 30.6 Å². The number of anilines is 1. The van der Waals surface area contributed by atoms with E-state index >= 15 is 0 Å². The predicted molar refractivity (Wildman–Crippen MR) is 133 cm³/mol. The molecule has 0 radical (unpaired) electrons. The van der Waals surface area contributed by atoms with Crippen LogP contribution < -0.4 is 4.90 Å². The molecule has 2 saturated heterocycles. The van der Waals surface area contributed by atoms with Crippen molar-refractivity contribution >= 4 is 22.7 Å². The van der Waals surface area contributed by atoms with Gasteiger partial charge in [-0.15, -0.1) is 0 Å². The Kier molecular flexibility index (Phi) is 6.55. The van der Waals surface area contributed by atoms with Gasteiger partial charge >= 0.3 is 5.97 Å². The number of morpholine rings is 1. The average molecular weight is 470 g/mol. The zero-order valence-corrected chi connectivity index (χ0v) is 21.2. The number of hydrogen-bond acceptors (Lipinski definition) is 7. The van der Waals surface area contributed by atoms with Gasteiger partial charge in [0.15, 0.2) is 11.3 Å². The van der Waals surface area contributed by atoms with Crippen LogP contribution in [0.2, 0.25) is 0 Å². The second-order valence-corrected chi connectivity index (χ2v) is 10.9. The number of rotatable bonds is 5. The van der Waals surface area contributed by atoms with Crippen LogP contribution in [-0.2, 0) is 15.0 Å². The summed E-state index contributed by atoms with van der Waals surface area (Å²) >= 11 is 0. The molecule has 3 fully saturated rings. The zero-order chi connectivity index (χ0) is 23.9. The van der Waals surface area contributed by atoms with E-state index in [1.165, 1.54) is 19.3 Å². The number of carbonyl (C=O) groups excluding carboxylic acids is 1. The summed E-state index contributed by atoms with van der Waals surface area (Å²) in [5, 5.41) is 6.26. The lowest BCUT2D eigenvalue weighted by Gasteiger charge is -2.41. The van der Waals surface area contributed by atoms with Crippen LogP contribution in [0, 0.1) is 0 Å². The Hall–Kier alpha value is -2.19. The van der Waals surface area contributed by atoms with Gasteiger partial charge in [-0.3, -0.25) is 4.90 Å². The molecule has 8 heteroatoms. The summed E-state index contributed by atoms with van der Waals surface area (Å²) < 4.78 is 12.9. The van der Waals surface area contributed by atoms with Crippen molar-refractivity contribution in [1.82, 2.24) is 19.7 Å². The van der Waals surface area contributed by atoms with Gasteiger partial charge in [-0.2, -0.15) is 5.10 Å². The lowest BCUT2D eigenvalue weighted by molar-refractivity contribution is 0.0115.